The number of benzene rings is 2. The van der Waals surface area contributed by atoms with Crippen LogP contribution in [0.2, 0.25) is 0 Å². The first-order valence-electron chi connectivity index (χ1n) is 11.5. The molecular formula is C26H30N4O3S. The normalized spacial score (nSPS) is 13.4. The molecule has 1 aliphatic rings. The number of nitrogens with one attached hydrogen (secondary N) is 2. The summed E-state index contributed by atoms with van der Waals surface area (Å²) in [6.07, 6.45) is 1.54. The first-order valence-corrected chi connectivity index (χ1v) is 12.4. The van der Waals surface area contributed by atoms with Gasteiger partial charge in [0.05, 0.1) is 24.1 Å². The Labute approximate surface area is 203 Å². The molecule has 0 spiro atoms. The minimum absolute atomic E-state index is 0.114. The maximum atomic E-state index is 12.8. The molecule has 0 saturated heterocycles. The van der Waals surface area contributed by atoms with Crippen molar-refractivity contribution in [3.05, 3.63) is 80.8 Å². The Bertz CT molecular complexity index is 1240. The fraction of sp³-hybridized carbons (Fsp3) is 0.346. The number of nitrogens with zero attached hydrogens (tertiary/aromatic N) is 2. The highest BCUT2D eigenvalue weighted by molar-refractivity contribution is 7.99. The zero-order valence-corrected chi connectivity index (χ0v) is 20.6. The first-order chi connectivity index (χ1) is 16.5. The van der Waals surface area contributed by atoms with Gasteiger partial charge in [0.1, 0.15) is 5.75 Å². The number of rotatable bonds is 8. The van der Waals surface area contributed by atoms with Crippen LogP contribution in [-0.4, -0.2) is 40.2 Å². The summed E-state index contributed by atoms with van der Waals surface area (Å²) in [6.45, 7) is 6.10. The van der Waals surface area contributed by atoms with Crippen molar-refractivity contribution in [3.8, 4) is 5.75 Å². The van der Waals surface area contributed by atoms with Gasteiger partial charge in [-0.3, -0.25) is 14.5 Å². The second-order valence-electron chi connectivity index (χ2n) is 8.37. The minimum Gasteiger partial charge on any atom is -0.496 e. The van der Waals surface area contributed by atoms with Crippen LogP contribution in [0.5, 0.6) is 5.75 Å². The van der Waals surface area contributed by atoms with E-state index in [0.717, 1.165) is 46.8 Å². The summed E-state index contributed by atoms with van der Waals surface area (Å²) >= 11 is 1.25. The van der Waals surface area contributed by atoms with E-state index in [9.17, 15) is 9.59 Å². The summed E-state index contributed by atoms with van der Waals surface area (Å²) in [7, 11) is 1.67. The summed E-state index contributed by atoms with van der Waals surface area (Å²) in [5.74, 6) is 0.915. The number of hydrogen-bond acceptors (Lipinski definition) is 6. The lowest BCUT2D eigenvalue weighted by atomic mass is 10.1. The van der Waals surface area contributed by atoms with Crippen LogP contribution in [0.15, 0.2) is 52.4 Å². The van der Waals surface area contributed by atoms with Gasteiger partial charge in [-0.1, -0.05) is 55.1 Å². The number of aromatic nitrogens is 2. The predicted molar refractivity (Wildman–Crippen MR) is 136 cm³/mol. The number of hydrogen-bond donors (Lipinski definition) is 2. The molecule has 0 radical (unpaired) electrons. The van der Waals surface area contributed by atoms with Gasteiger partial charge in [0.2, 0.25) is 5.91 Å². The summed E-state index contributed by atoms with van der Waals surface area (Å²) in [5, 5.41) is 3.50. The molecule has 0 unspecified atom stereocenters. The Morgan fingerprint density at radius 3 is 2.79 bits per heavy atom. The first kappa shape index (κ1) is 24.0. The molecule has 0 atom stereocenters. The largest absolute Gasteiger partial charge is 0.496 e. The molecule has 1 aliphatic heterocycles. The van der Waals surface area contributed by atoms with E-state index in [2.05, 4.69) is 27.1 Å². The Balaban J connectivity index is 1.40. The highest BCUT2D eigenvalue weighted by Crippen LogP contribution is 2.24. The van der Waals surface area contributed by atoms with E-state index >= 15 is 0 Å². The van der Waals surface area contributed by atoms with Crippen LogP contribution in [-0.2, 0) is 30.7 Å². The van der Waals surface area contributed by atoms with Crippen LogP contribution in [0, 0.1) is 6.92 Å². The third-order valence-electron chi connectivity index (χ3n) is 6.06. The number of methoxy groups -OCH3 is 1. The van der Waals surface area contributed by atoms with Gasteiger partial charge >= 0.3 is 0 Å². The fourth-order valence-corrected chi connectivity index (χ4v) is 4.93. The van der Waals surface area contributed by atoms with Crippen molar-refractivity contribution in [2.45, 2.75) is 44.9 Å². The van der Waals surface area contributed by atoms with Gasteiger partial charge in [-0.25, -0.2) is 4.98 Å². The Kier molecular flexibility index (Phi) is 7.70. The molecule has 0 saturated carbocycles. The van der Waals surface area contributed by atoms with E-state index in [1.165, 1.54) is 11.8 Å². The monoisotopic (exact) mass is 478 g/mol. The van der Waals surface area contributed by atoms with E-state index in [4.69, 9.17) is 4.74 Å². The third kappa shape index (κ3) is 5.51. The van der Waals surface area contributed by atoms with Gasteiger partial charge in [-0.05, 0) is 30.5 Å². The van der Waals surface area contributed by atoms with E-state index in [-0.39, 0.29) is 17.2 Å². The molecule has 2 heterocycles. The highest BCUT2D eigenvalue weighted by Gasteiger charge is 2.22. The number of anilines is 1. The van der Waals surface area contributed by atoms with Crippen LogP contribution >= 0.6 is 11.8 Å². The van der Waals surface area contributed by atoms with Crippen LogP contribution in [0.1, 0.15) is 34.9 Å². The molecule has 3 aromatic rings. The van der Waals surface area contributed by atoms with Gasteiger partial charge in [0, 0.05) is 37.3 Å². The van der Waals surface area contributed by atoms with Gasteiger partial charge in [-0.2, -0.15) is 0 Å². The molecule has 7 nitrogen and oxygen atoms in total. The number of ether oxygens (including phenoxy) is 1. The maximum Gasteiger partial charge on any atom is 0.256 e. The Hall–Kier alpha value is -3.10. The topological polar surface area (TPSA) is 87.3 Å². The second kappa shape index (κ2) is 10.9. The van der Waals surface area contributed by atoms with Crippen molar-refractivity contribution >= 4 is 23.4 Å². The predicted octanol–water partition coefficient (Wildman–Crippen LogP) is 3.94. The van der Waals surface area contributed by atoms with Gasteiger partial charge < -0.3 is 15.0 Å². The molecule has 2 N–H and O–H groups in total. The number of thioether (sulfide) groups is 1. The van der Waals surface area contributed by atoms with E-state index < -0.39 is 0 Å². The van der Waals surface area contributed by atoms with E-state index in [0.29, 0.717) is 30.2 Å². The average molecular weight is 479 g/mol. The summed E-state index contributed by atoms with van der Waals surface area (Å²) in [6, 6.07) is 13.9. The molecule has 0 fully saturated rings. The fourth-order valence-electron chi connectivity index (χ4n) is 4.25. The van der Waals surface area contributed by atoms with E-state index in [1.54, 1.807) is 7.11 Å². The van der Waals surface area contributed by atoms with Gasteiger partial charge in [0.25, 0.3) is 5.56 Å². The standard InChI is InChI=1S/C26H30N4O3S/c1-4-18-10-7-8-17(2)24(18)28-23(31)16-34-26-27-21-12-13-30(15-20(21)25(32)29-26)14-19-9-5-6-11-22(19)33-3/h5-11H,4,12-16H2,1-3H3,(H,28,31)(H,27,29,32). The minimum atomic E-state index is -0.134. The molecule has 178 valence electrons. The summed E-state index contributed by atoms with van der Waals surface area (Å²) < 4.78 is 5.46. The SMILES string of the molecule is CCc1cccc(C)c1NC(=O)CSc1nc2c(c(=O)[nH]1)CN(Cc1ccccc1OC)CC2. The zero-order valence-electron chi connectivity index (χ0n) is 19.8. The number of H-pyrrole nitrogens is 1. The lowest BCUT2D eigenvalue weighted by Gasteiger charge is -2.28. The third-order valence-corrected chi connectivity index (χ3v) is 6.93. The number of amides is 1. The van der Waals surface area contributed by atoms with Crippen molar-refractivity contribution in [2.24, 2.45) is 0 Å². The number of carbonyl (C=O) groups is 1. The van der Waals surface area contributed by atoms with Crippen molar-refractivity contribution in [1.29, 1.82) is 0 Å². The van der Waals surface area contributed by atoms with Gasteiger partial charge in [-0.15, -0.1) is 0 Å². The van der Waals surface area contributed by atoms with Crippen molar-refractivity contribution in [1.82, 2.24) is 14.9 Å². The van der Waals surface area contributed by atoms with Crippen LogP contribution in [0.4, 0.5) is 5.69 Å². The summed E-state index contributed by atoms with van der Waals surface area (Å²) in [4.78, 5) is 35.1. The smallest absolute Gasteiger partial charge is 0.256 e. The lowest BCUT2D eigenvalue weighted by molar-refractivity contribution is -0.113. The van der Waals surface area contributed by atoms with Crippen LogP contribution in [0.3, 0.4) is 0 Å². The number of aryl methyl sites for hydroxylation is 2. The lowest BCUT2D eigenvalue weighted by Crippen LogP contribution is -2.35. The molecule has 2 aromatic carbocycles. The summed E-state index contributed by atoms with van der Waals surface area (Å²) in [5.41, 5.74) is 5.49. The molecule has 34 heavy (non-hydrogen) atoms. The number of para-hydroxylation sites is 2. The maximum absolute atomic E-state index is 12.8. The van der Waals surface area contributed by atoms with E-state index in [1.807, 2.05) is 49.4 Å². The number of carbonyl (C=O) groups excluding carboxylic acids is 1. The molecule has 0 bridgehead atoms. The van der Waals surface area contributed by atoms with Crippen LogP contribution < -0.4 is 15.6 Å². The Morgan fingerprint density at radius 2 is 2.00 bits per heavy atom. The van der Waals surface area contributed by atoms with Crippen LogP contribution in [0.25, 0.3) is 0 Å². The molecule has 0 aliphatic carbocycles. The Morgan fingerprint density at radius 1 is 1.21 bits per heavy atom. The second-order valence-corrected chi connectivity index (χ2v) is 9.33. The molecular weight excluding hydrogens is 448 g/mol. The molecule has 1 aromatic heterocycles. The molecule has 8 heteroatoms. The molecule has 4 rings (SSSR count). The number of aromatic amines is 1. The van der Waals surface area contributed by atoms with Crippen molar-refractivity contribution in [3.63, 3.8) is 0 Å². The van der Waals surface area contributed by atoms with Crippen molar-refractivity contribution in [2.75, 3.05) is 24.7 Å². The molecule has 1 amide bonds. The average Bonchev–Trinajstić information content (AvgIpc) is 2.84. The number of fused-ring (bicyclic) bond motifs is 1. The quantitative estimate of drug-likeness (QED) is 0.377. The zero-order chi connectivity index (χ0) is 24.1. The van der Waals surface area contributed by atoms with Crippen molar-refractivity contribution < 1.29 is 9.53 Å². The highest BCUT2D eigenvalue weighted by atomic mass is 32.2. The van der Waals surface area contributed by atoms with Gasteiger partial charge in [0.15, 0.2) is 5.16 Å².